The van der Waals surface area contributed by atoms with E-state index in [-0.39, 0.29) is 11.0 Å². The van der Waals surface area contributed by atoms with Gasteiger partial charge < -0.3 is 5.32 Å². The van der Waals surface area contributed by atoms with Gasteiger partial charge in [-0.25, -0.2) is 8.78 Å². The smallest absolute Gasteiger partial charge is 0.258 e. The molecule has 2 nitrogen and oxygen atoms in total. The number of halogens is 2. The minimum Gasteiger partial charge on any atom is -0.322 e. The van der Waals surface area contributed by atoms with Gasteiger partial charge in [0.2, 0.25) is 0 Å². The SMILES string of the molecule is CC(C)(C)c1ccccc1NC(=O)c1cccc(F)c1F. The molecule has 0 fully saturated rings. The lowest BCUT2D eigenvalue weighted by molar-refractivity contribution is 0.102. The Balaban J connectivity index is 2.35. The number of hydrogen-bond donors (Lipinski definition) is 1. The predicted octanol–water partition coefficient (Wildman–Crippen LogP) is 4.51. The number of para-hydroxylation sites is 1. The largest absolute Gasteiger partial charge is 0.322 e. The predicted molar refractivity (Wildman–Crippen MR) is 79.5 cm³/mol. The molecular formula is C17H17F2NO. The average molecular weight is 289 g/mol. The van der Waals surface area contributed by atoms with Gasteiger partial charge in [-0.3, -0.25) is 4.79 Å². The molecule has 0 aliphatic rings. The maximum Gasteiger partial charge on any atom is 0.258 e. The van der Waals surface area contributed by atoms with Crippen molar-refractivity contribution < 1.29 is 13.6 Å². The Labute approximate surface area is 122 Å². The molecule has 0 saturated carbocycles. The third-order valence-corrected chi connectivity index (χ3v) is 3.18. The van der Waals surface area contributed by atoms with E-state index in [9.17, 15) is 13.6 Å². The van der Waals surface area contributed by atoms with Crippen LogP contribution in [0, 0.1) is 11.6 Å². The minimum atomic E-state index is -1.14. The van der Waals surface area contributed by atoms with Crippen molar-refractivity contribution in [3.8, 4) is 0 Å². The summed E-state index contributed by atoms with van der Waals surface area (Å²) in [6, 6.07) is 10.9. The van der Waals surface area contributed by atoms with Crippen molar-refractivity contribution in [1.82, 2.24) is 0 Å². The number of rotatable bonds is 2. The van der Waals surface area contributed by atoms with Crippen LogP contribution < -0.4 is 5.32 Å². The van der Waals surface area contributed by atoms with Crippen molar-refractivity contribution >= 4 is 11.6 Å². The fourth-order valence-corrected chi connectivity index (χ4v) is 2.11. The van der Waals surface area contributed by atoms with Crippen LogP contribution >= 0.6 is 0 Å². The highest BCUT2D eigenvalue weighted by molar-refractivity contribution is 6.04. The van der Waals surface area contributed by atoms with Gasteiger partial charge in [0.05, 0.1) is 5.56 Å². The molecule has 0 aliphatic carbocycles. The number of carbonyl (C=O) groups is 1. The highest BCUT2D eigenvalue weighted by Crippen LogP contribution is 2.29. The summed E-state index contributed by atoms with van der Waals surface area (Å²) in [7, 11) is 0. The number of hydrogen-bond acceptors (Lipinski definition) is 1. The molecule has 2 aromatic carbocycles. The molecule has 0 radical (unpaired) electrons. The summed E-state index contributed by atoms with van der Waals surface area (Å²) in [6.45, 7) is 6.04. The zero-order valence-electron chi connectivity index (χ0n) is 12.2. The van der Waals surface area contributed by atoms with Crippen molar-refractivity contribution in [2.45, 2.75) is 26.2 Å². The zero-order chi connectivity index (χ0) is 15.6. The van der Waals surface area contributed by atoms with Gasteiger partial charge in [0.25, 0.3) is 5.91 Å². The molecular weight excluding hydrogens is 272 g/mol. The van der Waals surface area contributed by atoms with Crippen molar-refractivity contribution in [2.24, 2.45) is 0 Å². The number of carbonyl (C=O) groups excluding carboxylic acids is 1. The molecule has 2 aromatic rings. The summed E-state index contributed by atoms with van der Waals surface area (Å²) in [5.74, 6) is -2.83. The van der Waals surface area contributed by atoms with Crippen molar-refractivity contribution in [1.29, 1.82) is 0 Å². The number of benzene rings is 2. The van der Waals surface area contributed by atoms with Gasteiger partial charge in [-0.1, -0.05) is 45.0 Å². The normalized spacial score (nSPS) is 11.3. The van der Waals surface area contributed by atoms with E-state index in [0.29, 0.717) is 5.69 Å². The Morgan fingerprint density at radius 1 is 1.00 bits per heavy atom. The van der Waals surface area contributed by atoms with E-state index in [4.69, 9.17) is 0 Å². The summed E-state index contributed by atoms with van der Waals surface area (Å²) in [6.07, 6.45) is 0. The number of nitrogens with one attached hydrogen (secondary N) is 1. The fraction of sp³-hybridized carbons (Fsp3) is 0.235. The van der Waals surface area contributed by atoms with Crippen LogP contribution in [0.25, 0.3) is 0 Å². The van der Waals surface area contributed by atoms with Crippen LogP contribution in [0.1, 0.15) is 36.7 Å². The Morgan fingerprint density at radius 2 is 1.67 bits per heavy atom. The fourth-order valence-electron chi connectivity index (χ4n) is 2.11. The molecule has 110 valence electrons. The van der Waals surface area contributed by atoms with Crippen molar-refractivity contribution in [3.05, 3.63) is 65.2 Å². The van der Waals surface area contributed by atoms with Crippen LogP contribution in [0.15, 0.2) is 42.5 Å². The second-order valence-electron chi connectivity index (χ2n) is 5.85. The highest BCUT2D eigenvalue weighted by Gasteiger charge is 2.20. The lowest BCUT2D eigenvalue weighted by Gasteiger charge is -2.23. The van der Waals surface area contributed by atoms with E-state index >= 15 is 0 Å². The van der Waals surface area contributed by atoms with Crippen LogP contribution in [-0.2, 0) is 5.41 Å². The Morgan fingerprint density at radius 3 is 2.33 bits per heavy atom. The molecule has 0 saturated heterocycles. The molecule has 0 spiro atoms. The summed E-state index contributed by atoms with van der Waals surface area (Å²) in [5, 5.41) is 2.66. The lowest BCUT2D eigenvalue weighted by Crippen LogP contribution is -2.19. The molecule has 21 heavy (non-hydrogen) atoms. The first-order chi connectivity index (χ1) is 9.80. The average Bonchev–Trinajstić information content (AvgIpc) is 2.41. The minimum absolute atomic E-state index is 0.176. The van der Waals surface area contributed by atoms with E-state index in [1.165, 1.54) is 12.1 Å². The third kappa shape index (κ3) is 3.27. The quantitative estimate of drug-likeness (QED) is 0.865. The van der Waals surface area contributed by atoms with Crippen LogP contribution in [0.3, 0.4) is 0 Å². The van der Waals surface area contributed by atoms with Crippen LogP contribution in [-0.4, -0.2) is 5.91 Å². The molecule has 4 heteroatoms. The van der Waals surface area contributed by atoms with E-state index in [2.05, 4.69) is 5.32 Å². The molecule has 0 aliphatic heterocycles. The van der Waals surface area contributed by atoms with E-state index in [1.54, 1.807) is 12.1 Å². The Hall–Kier alpha value is -2.23. The van der Waals surface area contributed by atoms with Gasteiger partial charge >= 0.3 is 0 Å². The second kappa shape index (κ2) is 5.64. The topological polar surface area (TPSA) is 29.1 Å². The first-order valence-electron chi connectivity index (χ1n) is 6.65. The van der Waals surface area contributed by atoms with Crippen LogP contribution in [0.4, 0.5) is 14.5 Å². The number of anilines is 1. The maximum atomic E-state index is 13.7. The summed E-state index contributed by atoms with van der Waals surface area (Å²) in [4.78, 5) is 12.1. The van der Waals surface area contributed by atoms with Gasteiger partial charge in [0.15, 0.2) is 11.6 Å². The van der Waals surface area contributed by atoms with E-state index in [1.807, 2.05) is 32.9 Å². The van der Waals surface area contributed by atoms with E-state index < -0.39 is 17.5 Å². The maximum absolute atomic E-state index is 13.7. The molecule has 0 bridgehead atoms. The van der Waals surface area contributed by atoms with Crippen LogP contribution in [0.5, 0.6) is 0 Å². The Kier molecular flexibility index (Phi) is 4.07. The zero-order valence-corrected chi connectivity index (χ0v) is 12.2. The molecule has 2 rings (SSSR count). The third-order valence-electron chi connectivity index (χ3n) is 3.18. The molecule has 0 heterocycles. The standard InChI is InChI=1S/C17H17F2NO/c1-17(2,3)12-8-4-5-10-14(12)20-16(21)11-7-6-9-13(18)15(11)19/h4-10H,1-3H3,(H,20,21). The van der Waals surface area contributed by atoms with Crippen molar-refractivity contribution in [3.63, 3.8) is 0 Å². The van der Waals surface area contributed by atoms with Gasteiger partial charge in [-0.2, -0.15) is 0 Å². The molecule has 0 unspecified atom stereocenters. The van der Waals surface area contributed by atoms with Crippen LogP contribution in [0.2, 0.25) is 0 Å². The number of amides is 1. The molecule has 0 atom stereocenters. The summed E-state index contributed by atoms with van der Waals surface area (Å²) in [5.41, 5.74) is 1.04. The first-order valence-corrected chi connectivity index (χ1v) is 6.65. The lowest BCUT2D eigenvalue weighted by atomic mass is 9.86. The van der Waals surface area contributed by atoms with Gasteiger partial charge in [0, 0.05) is 5.69 Å². The second-order valence-corrected chi connectivity index (χ2v) is 5.85. The monoisotopic (exact) mass is 289 g/mol. The van der Waals surface area contributed by atoms with Gasteiger partial charge in [-0.15, -0.1) is 0 Å². The highest BCUT2D eigenvalue weighted by atomic mass is 19.2. The summed E-state index contributed by atoms with van der Waals surface area (Å²) < 4.78 is 26.8. The van der Waals surface area contributed by atoms with E-state index in [0.717, 1.165) is 11.6 Å². The molecule has 1 amide bonds. The first kappa shape index (κ1) is 15.2. The van der Waals surface area contributed by atoms with Crippen molar-refractivity contribution in [2.75, 3.05) is 5.32 Å². The molecule has 0 aromatic heterocycles. The van der Waals surface area contributed by atoms with Gasteiger partial charge in [-0.05, 0) is 29.2 Å². The summed E-state index contributed by atoms with van der Waals surface area (Å²) >= 11 is 0. The Bertz CT molecular complexity index is 675. The van der Waals surface area contributed by atoms with Gasteiger partial charge in [0.1, 0.15) is 0 Å². The molecule has 1 N–H and O–H groups in total.